The summed E-state index contributed by atoms with van der Waals surface area (Å²) in [5.74, 6) is 0. The highest BCUT2D eigenvalue weighted by molar-refractivity contribution is 6.82. The van der Waals surface area contributed by atoms with Crippen molar-refractivity contribution in [2.75, 3.05) is 0 Å². The second-order valence-corrected chi connectivity index (χ2v) is 56.4. The molecule has 31 heteroatoms. The Hall–Kier alpha value is 2.87. The Morgan fingerprint density at radius 1 is 0.377 bits per heavy atom. The van der Waals surface area contributed by atoms with Crippen molar-refractivity contribution in [3.05, 3.63) is 0 Å². The molecule has 0 spiro atoms. The topological polar surface area (TPSA) is 138 Å². The van der Waals surface area contributed by atoms with Gasteiger partial charge in [-0.25, -0.2) is 0 Å². The molecule has 362 valence electrons. The van der Waals surface area contributed by atoms with E-state index in [9.17, 15) is 0 Å². The number of rotatable bonds is 27. The van der Waals surface area contributed by atoms with Gasteiger partial charge in [-0.15, -0.1) is 0 Å². The van der Waals surface area contributed by atoms with E-state index in [-0.39, 0.29) is 0 Å². The van der Waals surface area contributed by atoms with E-state index in [1.807, 2.05) is 0 Å². The molecular formula is C30H88O15Si16. The fraction of sp³-hybridized carbons (Fsp3) is 1.00. The molecule has 0 bridgehead atoms. The largest absolute Gasteiger partial charge is 0.446 e. The van der Waals surface area contributed by atoms with E-state index in [1.54, 1.807) is 0 Å². The number of hydrogen-bond acceptors (Lipinski definition) is 15. The third-order valence-electron chi connectivity index (χ3n) is 10.9. The Kier molecular flexibility index (Phi) is 30.4. The van der Waals surface area contributed by atoms with Crippen molar-refractivity contribution in [3.63, 3.8) is 0 Å². The van der Waals surface area contributed by atoms with Crippen molar-refractivity contribution in [2.45, 2.75) is 192 Å². The first-order valence-corrected chi connectivity index (χ1v) is 56.3. The summed E-state index contributed by atoms with van der Waals surface area (Å²) in [5, 5.41) is 0. The molecule has 3 aliphatic rings. The first-order chi connectivity index (χ1) is 29.0. The zero-order chi connectivity index (χ0) is 44.7. The van der Waals surface area contributed by atoms with Gasteiger partial charge in [-0.05, 0) is 115 Å². The summed E-state index contributed by atoms with van der Waals surface area (Å²) in [6.07, 6.45) is 14.3. The Balaban J connectivity index is 1.32. The maximum absolute atomic E-state index is 6.66. The number of hydrogen-bond donors (Lipinski definition) is 0. The maximum Gasteiger partial charge on any atom is 0.316 e. The summed E-state index contributed by atoms with van der Waals surface area (Å²) in [7, 11) is -25.4. The van der Waals surface area contributed by atoms with Gasteiger partial charge in [0.25, 0.3) is 93.6 Å². The van der Waals surface area contributed by atoms with E-state index in [1.165, 1.54) is 63.5 Å². The lowest BCUT2D eigenvalue weighted by atomic mass is 10.2. The monoisotopic (exact) mass is 1140 g/mol. The highest BCUT2D eigenvalue weighted by Crippen LogP contribution is 2.26. The van der Waals surface area contributed by atoms with Crippen molar-refractivity contribution in [3.8, 4) is 0 Å². The predicted molar refractivity (Wildman–Crippen MR) is 285 cm³/mol. The van der Waals surface area contributed by atoms with Crippen LogP contribution in [0.4, 0.5) is 0 Å². The van der Waals surface area contributed by atoms with E-state index in [0.717, 1.165) is 49.9 Å². The zero-order valence-corrected chi connectivity index (χ0v) is 59.0. The van der Waals surface area contributed by atoms with E-state index in [4.69, 9.17) is 61.7 Å². The predicted octanol–water partition coefficient (Wildman–Crippen LogP) is 3.05. The van der Waals surface area contributed by atoms with Gasteiger partial charge in [0.15, 0.2) is 0 Å². The minimum atomic E-state index is -2.25. The Labute approximate surface area is 398 Å². The molecule has 15 nitrogen and oxygen atoms in total. The minimum Gasteiger partial charge on any atom is -0.446 e. The van der Waals surface area contributed by atoms with Gasteiger partial charge >= 0.3 is 35.0 Å². The lowest BCUT2D eigenvalue weighted by Crippen LogP contribution is -2.52. The van der Waals surface area contributed by atoms with Crippen LogP contribution in [-0.4, -0.2) is 148 Å². The summed E-state index contributed by atoms with van der Waals surface area (Å²) in [4.78, 5) is 0. The molecule has 7 atom stereocenters. The van der Waals surface area contributed by atoms with Crippen molar-refractivity contribution in [1.29, 1.82) is 0 Å². The second kappa shape index (κ2) is 31.9. The van der Waals surface area contributed by atoms with E-state index in [0.29, 0.717) is 0 Å². The molecule has 3 saturated heterocycles. The van der Waals surface area contributed by atoms with E-state index in [2.05, 4.69) is 78.6 Å². The van der Waals surface area contributed by atoms with E-state index < -0.39 is 148 Å². The SMILES string of the molecule is C[SiH]1O[SiH](C)O[Si](C)(CCCCCC[SiH2]O[SiH2]O[SiH](CCCCCC[Si]2(C)O[SiH](C)O[SiH](C)O[SiH](C)O2)O[SiH2]CCCCCC[Si]2(C)O[SiH](C)O[SiH](C)O[SiH](C)O2)O[SiH](C)O1. The molecule has 0 aliphatic carbocycles. The molecular weight excluding hydrogens is 1050 g/mol. The molecule has 0 aromatic carbocycles. The minimum absolute atomic E-state index is 0.542. The standard InChI is InChI=1S/C30H88O15Si16/c1-49-34-52(4)40-59(10,41-53(5)35-49)28-22-16-13-19-25-46-31-48-33-58(27-21-15-18-24-30-61(12)44-56(8)38-51(3)39-57(9)45-61)32-47-26-20-14-17-23-29-60(11)42-54(6)36-50(2)37-55(7)43-60/h49-58H,13-30,46-48H2,1-12H3. The van der Waals surface area contributed by atoms with Gasteiger partial charge in [-0.2, -0.15) is 0 Å². The fourth-order valence-corrected chi connectivity index (χ4v) is 61.9. The summed E-state index contributed by atoms with van der Waals surface area (Å²) >= 11 is 0. The third kappa shape index (κ3) is 27.0. The normalized spacial score (nSPS) is 36.9. The van der Waals surface area contributed by atoms with Crippen LogP contribution >= 0.6 is 0 Å². The van der Waals surface area contributed by atoms with Crippen LogP contribution in [0.5, 0.6) is 0 Å². The van der Waals surface area contributed by atoms with Crippen LogP contribution in [0.15, 0.2) is 0 Å². The maximum atomic E-state index is 6.66. The molecule has 3 rings (SSSR count). The van der Waals surface area contributed by atoms with Crippen LogP contribution in [0.2, 0.25) is 115 Å². The van der Waals surface area contributed by atoms with Gasteiger partial charge in [0.2, 0.25) is 0 Å². The second-order valence-electron chi connectivity index (χ2n) is 17.5. The lowest BCUT2D eigenvalue weighted by Gasteiger charge is -2.37. The van der Waals surface area contributed by atoms with E-state index >= 15 is 0 Å². The quantitative estimate of drug-likeness (QED) is 0.0880. The fourth-order valence-electron chi connectivity index (χ4n) is 8.41. The van der Waals surface area contributed by atoms with Gasteiger partial charge in [-0.3, -0.25) is 0 Å². The molecule has 3 fully saturated rings. The van der Waals surface area contributed by atoms with Crippen molar-refractivity contribution in [2.24, 2.45) is 0 Å². The molecule has 61 heavy (non-hydrogen) atoms. The zero-order valence-electron chi connectivity index (χ0n) is 40.2. The van der Waals surface area contributed by atoms with Crippen molar-refractivity contribution in [1.82, 2.24) is 0 Å². The van der Waals surface area contributed by atoms with Crippen molar-refractivity contribution < 1.29 is 61.7 Å². The third-order valence-corrected chi connectivity index (χ3v) is 61.8. The van der Waals surface area contributed by atoms with Crippen LogP contribution in [0, 0.1) is 0 Å². The van der Waals surface area contributed by atoms with Crippen LogP contribution in [0.25, 0.3) is 0 Å². The van der Waals surface area contributed by atoms with Gasteiger partial charge in [0.05, 0.1) is 0 Å². The van der Waals surface area contributed by atoms with Gasteiger partial charge in [0.1, 0.15) is 19.5 Å². The molecule has 0 radical (unpaired) electrons. The molecule has 0 N–H and O–H groups in total. The molecule has 3 heterocycles. The Bertz CT molecular complexity index is 1120. The van der Waals surface area contributed by atoms with Gasteiger partial charge in [0, 0.05) is 0 Å². The highest BCUT2D eigenvalue weighted by atomic mass is 28.5. The smallest absolute Gasteiger partial charge is 0.316 e. The Morgan fingerprint density at radius 2 is 0.689 bits per heavy atom. The molecule has 0 saturated carbocycles. The average Bonchev–Trinajstić information content (AvgIpc) is 3.11. The van der Waals surface area contributed by atoms with Gasteiger partial charge < -0.3 is 61.7 Å². The first-order valence-electron chi connectivity index (χ1n) is 23.8. The molecule has 3 aliphatic heterocycles. The van der Waals surface area contributed by atoms with Crippen LogP contribution < -0.4 is 0 Å². The summed E-state index contributed by atoms with van der Waals surface area (Å²) in [6, 6.07) is 6.60. The molecule has 0 aromatic rings. The van der Waals surface area contributed by atoms with Crippen LogP contribution in [-0.2, 0) is 61.7 Å². The Morgan fingerprint density at radius 3 is 1.05 bits per heavy atom. The van der Waals surface area contributed by atoms with Crippen LogP contribution in [0.1, 0.15) is 77.0 Å². The summed E-state index contributed by atoms with van der Waals surface area (Å²) < 4.78 is 95.0. The lowest BCUT2D eigenvalue weighted by molar-refractivity contribution is 0.271. The van der Waals surface area contributed by atoms with Crippen LogP contribution in [0.3, 0.4) is 0 Å². The molecule has 0 aromatic heterocycles. The highest BCUT2D eigenvalue weighted by Gasteiger charge is 2.41. The van der Waals surface area contributed by atoms with Crippen molar-refractivity contribution >= 4 is 148 Å². The first kappa shape index (κ1) is 58.2. The molecule has 0 amide bonds. The summed E-state index contributed by atoms with van der Waals surface area (Å²) in [6.45, 7) is 25.7. The summed E-state index contributed by atoms with van der Waals surface area (Å²) in [5.41, 5.74) is 0. The average molecular weight is 1140 g/mol. The number of unbranched alkanes of at least 4 members (excludes halogenated alkanes) is 9. The molecule has 7 unspecified atom stereocenters. The van der Waals surface area contributed by atoms with Gasteiger partial charge in [-0.1, -0.05) is 77.0 Å².